The van der Waals surface area contributed by atoms with Crippen LogP contribution in [-0.2, 0) is 0 Å². The van der Waals surface area contributed by atoms with Crippen LogP contribution in [0.25, 0.3) is 0 Å². The lowest BCUT2D eigenvalue weighted by atomic mass is 10.3. The summed E-state index contributed by atoms with van der Waals surface area (Å²) in [6.45, 7) is 2.19. The molecule has 0 aliphatic rings. The van der Waals surface area contributed by atoms with Gasteiger partial charge in [0.25, 0.3) is 5.91 Å². The summed E-state index contributed by atoms with van der Waals surface area (Å²) in [6, 6.07) is 0. The standard InChI is InChI=1S/C8H10N4O2/c1-2-3-4-5-10-8(13)6-7(9)12-14-11-6/h4-5H2,1H3,(H2,9,12)(H,10,13). The molecule has 0 saturated carbocycles. The zero-order valence-corrected chi connectivity index (χ0v) is 7.70. The minimum atomic E-state index is -0.401. The molecule has 0 atom stereocenters. The van der Waals surface area contributed by atoms with Crippen LogP contribution >= 0.6 is 0 Å². The molecule has 0 aliphatic carbocycles. The van der Waals surface area contributed by atoms with E-state index in [0.717, 1.165) is 0 Å². The van der Waals surface area contributed by atoms with E-state index >= 15 is 0 Å². The van der Waals surface area contributed by atoms with Gasteiger partial charge in [0.05, 0.1) is 0 Å². The number of anilines is 1. The molecule has 0 fully saturated rings. The molecule has 0 saturated heterocycles. The summed E-state index contributed by atoms with van der Waals surface area (Å²) >= 11 is 0. The number of carbonyl (C=O) groups is 1. The first-order chi connectivity index (χ1) is 6.75. The quantitative estimate of drug-likeness (QED) is 0.513. The molecule has 0 spiro atoms. The Morgan fingerprint density at radius 2 is 2.43 bits per heavy atom. The third-order valence-corrected chi connectivity index (χ3v) is 1.44. The molecule has 74 valence electrons. The molecule has 14 heavy (non-hydrogen) atoms. The van der Waals surface area contributed by atoms with Gasteiger partial charge in [-0.2, -0.15) is 0 Å². The molecule has 1 heterocycles. The smallest absolute Gasteiger partial charge is 0.277 e. The maximum atomic E-state index is 11.3. The molecule has 0 aliphatic heterocycles. The lowest BCUT2D eigenvalue weighted by molar-refractivity contribution is 0.0945. The number of rotatable bonds is 3. The molecule has 1 amide bonds. The van der Waals surface area contributed by atoms with Gasteiger partial charge in [-0.05, 0) is 17.2 Å². The van der Waals surface area contributed by atoms with Crippen LogP contribution in [0.4, 0.5) is 5.82 Å². The van der Waals surface area contributed by atoms with Gasteiger partial charge in [0.2, 0.25) is 11.5 Å². The van der Waals surface area contributed by atoms with Crippen LogP contribution in [0.15, 0.2) is 4.63 Å². The van der Waals surface area contributed by atoms with Gasteiger partial charge in [-0.15, -0.1) is 11.8 Å². The second kappa shape index (κ2) is 4.87. The van der Waals surface area contributed by atoms with E-state index in [2.05, 4.69) is 32.1 Å². The molecule has 0 bridgehead atoms. The summed E-state index contributed by atoms with van der Waals surface area (Å²) in [4.78, 5) is 11.3. The van der Waals surface area contributed by atoms with Crippen molar-refractivity contribution >= 4 is 11.7 Å². The summed E-state index contributed by atoms with van der Waals surface area (Å²) in [5.74, 6) is 5.11. The highest BCUT2D eigenvalue weighted by Crippen LogP contribution is 2.02. The van der Waals surface area contributed by atoms with Crippen LogP contribution in [-0.4, -0.2) is 22.8 Å². The van der Waals surface area contributed by atoms with Crippen LogP contribution in [0.5, 0.6) is 0 Å². The molecule has 1 aromatic rings. The average Bonchev–Trinajstić information content (AvgIpc) is 2.59. The second-order valence-electron chi connectivity index (χ2n) is 2.43. The lowest BCUT2D eigenvalue weighted by Crippen LogP contribution is -2.25. The average molecular weight is 194 g/mol. The summed E-state index contributed by atoms with van der Waals surface area (Å²) < 4.78 is 4.28. The maximum Gasteiger partial charge on any atom is 0.277 e. The number of nitrogen functional groups attached to an aromatic ring is 1. The third kappa shape index (κ3) is 2.48. The summed E-state index contributed by atoms with van der Waals surface area (Å²) in [7, 11) is 0. The molecule has 0 aromatic carbocycles. The minimum Gasteiger partial charge on any atom is -0.379 e. The van der Waals surface area contributed by atoms with Crippen molar-refractivity contribution in [1.29, 1.82) is 0 Å². The van der Waals surface area contributed by atoms with Crippen molar-refractivity contribution in [2.75, 3.05) is 12.3 Å². The van der Waals surface area contributed by atoms with Crippen molar-refractivity contribution in [3.05, 3.63) is 5.69 Å². The molecule has 6 nitrogen and oxygen atoms in total. The normalized spacial score (nSPS) is 8.93. The Morgan fingerprint density at radius 1 is 1.64 bits per heavy atom. The Kier molecular flexibility index (Phi) is 3.49. The largest absolute Gasteiger partial charge is 0.379 e. The third-order valence-electron chi connectivity index (χ3n) is 1.44. The molecular formula is C8H10N4O2. The molecule has 0 unspecified atom stereocenters. The minimum absolute atomic E-state index is 0.00876. The van der Waals surface area contributed by atoms with Crippen molar-refractivity contribution < 1.29 is 9.42 Å². The van der Waals surface area contributed by atoms with Gasteiger partial charge in [0.1, 0.15) is 0 Å². The Hall–Kier alpha value is -2.03. The van der Waals surface area contributed by atoms with E-state index in [4.69, 9.17) is 5.73 Å². The molecule has 3 N–H and O–H groups in total. The summed E-state index contributed by atoms with van der Waals surface area (Å²) in [5.41, 5.74) is 5.32. The first-order valence-corrected chi connectivity index (χ1v) is 4.01. The Morgan fingerprint density at radius 3 is 3.00 bits per heavy atom. The number of nitrogens with one attached hydrogen (secondary N) is 1. The topological polar surface area (TPSA) is 94.0 Å². The number of hydrogen-bond acceptors (Lipinski definition) is 5. The first-order valence-electron chi connectivity index (χ1n) is 4.01. The zero-order chi connectivity index (χ0) is 10.4. The van der Waals surface area contributed by atoms with Crippen LogP contribution < -0.4 is 11.1 Å². The number of nitrogens with zero attached hydrogens (tertiary/aromatic N) is 2. The molecule has 6 heteroatoms. The molecule has 1 rings (SSSR count). The second-order valence-corrected chi connectivity index (χ2v) is 2.43. The summed E-state index contributed by atoms with van der Waals surface area (Å²) in [6.07, 6.45) is 0.591. The van der Waals surface area contributed by atoms with Crippen molar-refractivity contribution in [2.24, 2.45) is 0 Å². The van der Waals surface area contributed by atoms with Gasteiger partial charge in [0, 0.05) is 13.0 Å². The van der Waals surface area contributed by atoms with E-state index in [-0.39, 0.29) is 11.5 Å². The van der Waals surface area contributed by atoms with E-state index in [9.17, 15) is 4.79 Å². The predicted octanol–water partition coefficient (Wildman–Crippen LogP) is -0.205. The number of aromatic nitrogens is 2. The Balaban J connectivity index is 2.42. The number of amides is 1. The van der Waals surface area contributed by atoms with Gasteiger partial charge in [-0.3, -0.25) is 4.79 Å². The van der Waals surface area contributed by atoms with Crippen LogP contribution in [0, 0.1) is 11.8 Å². The fourth-order valence-corrected chi connectivity index (χ4v) is 0.800. The SMILES string of the molecule is CC#CCCNC(=O)c1nonc1N. The Labute approximate surface area is 80.8 Å². The van der Waals surface area contributed by atoms with Crippen molar-refractivity contribution in [2.45, 2.75) is 13.3 Å². The fourth-order valence-electron chi connectivity index (χ4n) is 0.800. The van der Waals surface area contributed by atoms with Crippen LogP contribution in [0.1, 0.15) is 23.8 Å². The van der Waals surface area contributed by atoms with Gasteiger partial charge in [0.15, 0.2) is 0 Å². The first kappa shape index (κ1) is 10.1. The monoisotopic (exact) mass is 194 g/mol. The van der Waals surface area contributed by atoms with Crippen LogP contribution in [0.3, 0.4) is 0 Å². The summed E-state index contributed by atoms with van der Waals surface area (Å²) in [5, 5.41) is 9.22. The van der Waals surface area contributed by atoms with Crippen molar-refractivity contribution in [3.8, 4) is 11.8 Å². The van der Waals surface area contributed by atoms with E-state index in [1.807, 2.05) is 0 Å². The van der Waals surface area contributed by atoms with Crippen molar-refractivity contribution in [3.63, 3.8) is 0 Å². The highest BCUT2D eigenvalue weighted by molar-refractivity contribution is 5.95. The van der Waals surface area contributed by atoms with Gasteiger partial charge in [-0.1, -0.05) is 0 Å². The molecule has 0 radical (unpaired) electrons. The maximum absolute atomic E-state index is 11.3. The lowest BCUT2D eigenvalue weighted by Gasteiger charge is -1.97. The number of hydrogen-bond donors (Lipinski definition) is 2. The van der Waals surface area contributed by atoms with E-state index in [0.29, 0.717) is 13.0 Å². The fraction of sp³-hybridized carbons (Fsp3) is 0.375. The van der Waals surface area contributed by atoms with E-state index in [1.54, 1.807) is 6.92 Å². The zero-order valence-electron chi connectivity index (χ0n) is 7.70. The molecule has 1 aromatic heterocycles. The van der Waals surface area contributed by atoms with Crippen molar-refractivity contribution in [1.82, 2.24) is 15.6 Å². The van der Waals surface area contributed by atoms with E-state index in [1.165, 1.54) is 0 Å². The Bertz CT molecular complexity index is 374. The number of carbonyl (C=O) groups excluding carboxylic acids is 1. The van der Waals surface area contributed by atoms with Gasteiger partial charge < -0.3 is 11.1 Å². The number of nitrogens with two attached hydrogens (primary N) is 1. The van der Waals surface area contributed by atoms with E-state index < -0.39 is 5.91 Å². The molecular weight excluding hydrogens is 184 g/mol. The highest BCUT2D eigenvalue weighted by Gasteiger charge is 2.14. The van der Waals surface area contributed by atoms with Gasteiger partial charge in [-0.25, -0.2) is 4.63 Å². The highest BCUT2D eigenvalue weighted by atomic mass is 16.6. The van der Waals surface area contributed by atoms with Crippen LogP contribution in [0.2, 0.25) is 0 Å². The predicted molar refractivity (Wildman–Crippen MR) is 49.1 cm³/mol. The van der Waals surface area contributed by atoms with Gasteiger partial charge >= 0.3 is 0 Å².